The summed E-state index contributed by atoms with van der Waals surface area (Å²) in [5, 5.41) is 0. The summed E-state index contributed by atoms with van der Waals surface area (Å²) in [7, 11) is 1.85. The van der Waals surface area contributed by atoms with Crippen molar-refractivity contribution >= 4 is 33.4 Å². The average Bonchev–Trinajstić information content (AvgIpc) is 3.06. The number of ether oxygens (including phenoxy) is 2. The molecule has 0 aliphatic rings. The predicted octanol–water partition coefficient (Wildman–Crippen LogP) is 4.73. The molecule has 0 radical (unpaired) electrons. The van der Waals surface area contributed by atoms with Crippen LogP contribution in [0.3, 0.4) is 0 Å². The zero-order valence-electron chi connectivity index (χ0n) is 17.5. The topological polar surface area (TPSA) is 69.9 Å². The van der Waals surface area contributed by atoms with Crippen LogP contribution in [0.5, 0.6) is 5.75 Å². The zero-order valence-corrected chi connectivity index (χ0v) is 18.3. The number of hydrogen-bond acceptors (Lipinski definition) is 5. The molecule has 0 atom stereocenters. The van der Waals surface area contributed by atoms with Gasteiger partial charge in [-0.3, -0.25) is 4.79 Å². The highest BCUT2D eigenvalue weighted by atomic mass is 32.1. The molecule has 1 amide bonds. The van der Waals surface area contributed by atoms with Crippen LogP contribution in [-0.2, 0) is 11.8 Å². The molecule has 0 spiro atoms. The fraction of sp³-hybridized carbons (Fsp3) is 0.348. The van der Waals surface area contributed by atoms with Crippen molar-refractivity contribution in [2.24, 2.45) is 12.0 Å². The second-order valence-electron chi connectivity index (χ2n) is 6.84. The summed E-state index contributed by atoms with van der Waals surface area (Å²) < 4.78 is 13.5. The van der Waals surface area contributed by atoms with Gasteiger partial charge in [-0.05, 0) is 55.8 Å². The van der Waals surface area contributed by atoms with Crippen molar-refractivity contribution < 1.29 is 19.1 Å². The van der Waals surface area contributed by atoms with Gasteiger partial charge in [-0.1, -0.05) is 31.1 Å². The quantitative estimate of drug-likeness (QED) is 0.386. The number of unbranched alkanes of at least 4 members (excludes halogenated alkanes) is 2. The Morgan fingerprint density at radius 3 is 2.47 bits per heavy atom. The van der Waals surface area contributed by atoms with E-state index < -0.39 is 0 Å². The van der Waals surface area contributed by atoms with Crippen molar-refractivity contribution in [1.82, 2.24) is 4.57 Å². The third kappa shape index (κ3) is 5.16. The number of nitrogens with zero attached hydrogens (tertiary/aromatic N) is 2. The van der Waals surface area contributed by atoms with E-state index in [1.54, 1.807) is 43.3 Å². The highest BCUT2D eigenvalue weighted by Crippen LogP contribution is 2.19. The Labute approximate surface area is 179 Å². The lowest BCUT2D eigenvalue weighted by Gasteiger charge is -2.05. The lowest BCUT2D eigenvalue weighted by Crippen LogP contribution is -2.13. The monoisotopic (exact) mass is 426 g/mol. The first-order valence-corrected chi connectivity index (χ1v) is 10.9. The largest absolute Gasteiger partial charge is 0.494 e. The lowest BCUT2D eigenvalue weighted by molar-refractivity contribution is 0.0526. The van der Waals surface area contributed by atoms with Crippen LogP contribution in [0.1, 0.15) is 53.8 Å². The van der Waals surface area contributed by atoms with Crippen molar-refractivity contribution in [2.75, 3.05) is 13.2 Å². The molecule has 2 aromatic carbocycles. The minimum Gasteiger partial charge on any atom is -0.494 e. The van der Waals surface area contributed by atoms with Crippen molar-refractivity contribution in [1.29, 1.82) is 0 Å². The van der Waals surface area contributed by atoms with Gasteiger partial charge in [-0.15, -0.1) is 0 Å². The van der Waals surface area contributed by atoms with E-state index in [1.807, 2.05) is 17.7 Å². The molecule has 1 heterocycles. The molecule has 1 aromatic heterocycles. The SMILES string of the molecule is CCCCCOc1ccc(C(=O)N=c2sc3cc(C(=O)OCC)ccc3n2C)cc1. The van der Waals surface area contributed by atoms with Gasteiger partial charge in [0.25, 0.3) is 5.91 Å². The van der Waals surface area contributed by atoms with E-state index in [0.29, 0.717) is 29.1 Å². The number of aryl methyl sites for hydroxylation is 1. The Hall–Kier alpha value is -2.93. The van der Waals surface area contributed by atoms with E-state index in [2.05, 4.69) is 11.9 Å². The van der Waals surface area contributed by atoms with Gasteiger partial charge in [0.05, 0.1) is 29.0 Å². The molecular formula is C23H26N2O4S. The van der Waals surface area contributed by atoms with Crippen LogP contribution in [0.4, 0.5) is 0 Å². The van der Waals surface area contributed by atoms with Gasteiger partial charge in [0, 0.05) is 12.6 Å². The van der Waals surface area contributed by atoms with E-state index in [1.165, 1.54) is 11.3 Å². The van der Waals surface area contributed by atoms with Gasteiger partial charge < -0.3 is 14.0 Å². The smallest absolute Gasteiger partial charge is 0.338 e. The summed E-state index contributed by atoms with van der Waals surface area (Å²) in [6, 6.07) is 12.4. The summed E-state index contributed by atoms with van der Waals surface area (Å²) in [4.78, 5) is 29.4. The maximum Gasteiger partial charge on any atom is 0.338 e. The molecule has 0 bridgehead atoms. The number of aromatic nitrogens is 1. The number of hydrogen-bond donors (Lipinski definition) is 0. The van der Waals surface area contributed by atoms with Crippen molar-refractivity contribution in [3.63, 3.8) is 0 Å². The fourth-order valence-electron chi connectivity index (χ4n) is 2.97. The third-order valence-corrected chi connectivity index (χ3v) is 5.73. The van der Waals surface area contributed by atoms with E-state index in [0.717, 1.165) is 35.2 Å². The number of rotatable bonds is 8. The second-order valence-corrected chi connectivity index (χ2v) is 7.85. The summed E-state index contributed by atoms with van der Waals surface area (Å²) in [6.45, 7) is 4.93. The molecule has 158 valence electrons. The minimum atomic E-state index is -0.359. The average molecular weight is 427 g/mol. The lowest BCUT2D eigenvalue weighted by atomic mass is 10.2. The maximum atomic E-state index is 12.6. The number of carbonyl (C=O) groups is 2. The molecule has 3 aromatic rings. The van der Waals surface area contributed by atoms with Crippen LogP contribution in [0.2, 0.25) is 0 Å². The molecule has 0 unspecified atom stereocenters. The van der Waals surface area contributed by atoms with Gasteiger partial charge in [0.1, 0.15) is 5.75 Å². The molecule has 0 aliphatic heterocycles. The highest BCUT2D eigenvalue weighted by molar-refractivity contribution is 7.16. The van der Waals surface area contributed by atoms with E-state index in [9.17, 15) is 9.59 Å². The first-order chi connectivity index (χ1) is 14.5. The first-order valence-electron chi connectivity index (χ1n) is 10.1. The summed E-state index contributed by atoms with van der Waals surface area (Å²) in [5.74, 6) is 0.0730. The number of thiazole rings is 1. The molecular weight excluding hydrogens is 400 g/mol. The molecule has 7 heteroatoms. The summed E-state index contributed by atoms with van der Waals surface area (Å²) >= 11 is 1.36. The van der Waals surface area contributed by atoms with Crippen LogP contribution >= 0.6 is 11.3 Å². The number of carbonyl (C=O) groups excluding carboxylic acids is 2. The Balaban J connectivity index is 1.79. The highest BCUT2D eigenvalue weighted by Gasteiger charge is 2.11. The third-order valence-electron chi connectivity index (χ3n) is 4.64. The van der Waals surface area contributed by atoms with Crippen molar-refractivity contribution in [2.45, 2.75) is 33.1 Å². The van der Waals surface area contributed by atoms with Crippen LogP contribution in [0.25, 0.3) is 10.2 Å². The molecule has 0 fully saturated rings. The van der Waals surface area contributed by atoms with Gasteiger partial charge >= 0.3 is 5.97 Å². The van der Waals surface area contributed by atoms with E-state index in [4.69, 9.17) is 9.47 Å². The van der Waals surface area contributed by atoms with Gasteiger partial charge in [0.15, 0.2) is 4.80 Å². The van der Waals surface area contributed by atoms with Crippen LogP contribution in [0.15, 0.2) is 47.5 Å². The zero-order chi connectivity index (χ0) is 21.5. The number of fused-ring (bicyclic) bond motifs is 1. The minimum absolute atomic E-state index is 0.319. The standard InChI is InChI=1S/C23H26N2O4S/c1-4-6-7-14-29-18-11-8-16(9-12-18)21(26)24-23-25(3)19-13-10-17(15-20(19)30-23)22(27)28-5-2/h8-13,15H,4-7,14H2,1-3H3. The molecule has 0 N–H and O–H groups in total. The Morgan fingerprint density at radius 2 is 1.77 bits per heavy atom. The van der Waals surface area contributed by atoms with Crippen molar-refractivity contribution in [3.05, 3.63) is 58.4 Å². The van der Waals surface area contributed by atoms with Crippen molar-refractivity contribution in [3.8, 4) is 5.75 Å². The molecule has 3 rings (SSSR count). The van der Waals surface area contributed by atoms with E-state index in [-0.39, 0.29) is 11.9 Å². The predicted molar refractivity (Wildman–Crippen MR) is 118 cm³/mol. The number of amides is 1. The molecule has 6 nitrogen and oxygen atoms in total. The first kappa shape index (κ1) is 21.8. The molecule has 0 saturated heterocycles. The molecule has 30 heavy (non-hydrogen) atoms. The molecule has 0 saturated carbocycles. The van der Waals surface area contributed by atoms with Crippen LogP contribution in [-0.4, -0.2) is 29.7 Å². The number of esters is 1. The fourth-order valence-corrected chi connectivity index (χ4v) is 4.03. The normalized spacial score (nSPS) is 11.6. The second kappa shape index (κ2) is 10.2. The van der Waals surface area contributed by atoms with Crippen LogP contribution in [0, 0.1) is 0 Å². The van der Waals surface area contributed by atoms with Gasteiger partial charge in [0.2, 0.25) is 0 Å². The summed E-state index contributed by atoms with van der Waals surface area (Å²) in [6.07, 6.45) is 3.31. The maximum absolute atomic E-state index is 12.6. The van der Waals surface area contributed by atoms with Crippen LogP contribution < -0.4 is 9.54 Å². The van der Waals surface area contributed by atoms with Gasteiger partial charge in [-0.25, -0.2) is 4.79 Å². The summed E-state index contributed by atoms with van der Waals surface area (Å²) in [5.41, 5.74) is 1.88. The Morgan fingerprint density at radius 1 is 1.03 bits per heavy atom. The molecule has 0 aliphatic carbocycles. The van der Waals surface area contributed by atoms with E-state index >= 15 is 0 Å². The number of benzene rings is 2. The van der Waals surface area contributed by atoms with Gasteiger partial charge in [-0.2, -0.15) is 4.99 Å². The Kier molecular flexibility index (Phi) is 7.41. The Bertz CT molecular complexity index is 1100.